The number of carbonyl (C=O) groups is 2. The number of likely N-dealkylation sites (N-methyl/N-ethyl adjacent to an activating group) is 1. The zero-order valence-corrected chi connectivity index (χ0v) is 6.20. The summed E-state index contributed by atoms with van der Waals surface area (Å²) in [5.41, 5.74) is 0. The van der Waals surface area contributed by atoms with Crippen molar-refractivity contribution in [3.63, 3.8) is 0 Å². The molecule has 5 nitrogen and oxygen atoms in total. The molecule has 0 aromatic heterocycles. The third kappa shape index (κ3) is 1.42. The molecule has 0 aliphatic carbocycles. The quantitative estimate of drug-likeness (QED) is 0.539. The van der Waals surface area contributed by atoms with Gasteiger partial charge in [0, 0.05) is 13.6 Å². The van der Waals surface area contributed by atoms with E-state index >= 15 is 0 Å². The smallest absolute Gasteiger partial charge is 0.407 e. The van der Waals surface area contributed by atoms with Gasteiger partial charge in [-0.25, -0.2) is 4.79 Å². The summed E-state index contributed by atoms with van der Waals surface area (Å²) in [5, 5.41) is 11.1. The number of nitrogens with zero attached hydrogens (tertiary/aromatic N) is 1. The molecule has 0 radical (unpaired) electrons. The third-order valence-corrected chi connectivity index (χ3v) is 1.79. The molecular formula is C6H10N2O3. The maximum atomic E-state index is 10.9. The number of carboxylic acid groups (broad SMARTS) is 1. The second-order valence-corrected chi connectivity index (χ2v) is 2.49. The van der Waals surface area contributed by atoms with Crippen LogP contribution in [-0.2, 0) is 4.79 Å². The molecule has 1 heterocycles. The number of hydrogen-bond donors (Lipinski definition) is 2. The van der Waals surface area contributed by atoms with Crippen LogP contribution in [0.15, 0.2) is 0 Å². The normalized spacial score (nSPS) is 23.0. The summed E-state index contributed by atoms with van der Waals surface area (Å²) in [6.45, 7) is 0.571. The number of carbonyl (C=O) groups excluding carboxylic acids is 1. The van der Waals surface area contributed by atoms with Gasteiger partial charge in [0.05, 0.1) is 0 Å². The average molecular weight is 158 g/mol. The van der Waals surface area contributed by atoms with Crippen LogP contribution in [0.2, 0.25) is 0 Å². The molecule has 0 spiro atoms. The Morgan fingerprint density at radius 1 is 1.82 bits per heavy atom. The largest absolute Gasteiger partial charge is 0.465 e. The van der Waals surface area contributed by atoms with Crippen molar-refractivity contribution in [2.75, 3.05) is 13.6 Å². The van der Waals surface area contributed by atoms with Gasteiger partial charge in [0.15, 0.2) is 0 Å². The standard InChI is InChI=1S/C6H10N2O3/c1-8(6(10)11)4-2-3-7-5(4)9/h4H,2-3H2,1H3,(H,7,9)(H,10,11). The van der Waals surface area contributed by atoms with Gasteiger partial charge in [-0.15, -0.1) is 0 Å². The highest BCUT2D eigenvalue weighted by molar-refractivity contribution is 5.86. The maximum absolute atomic E-state index is 10.9. The van der Waals surface area contributed by atoms with Crippen molar-refractivity contribution >= 4 is 12.0 Å². The molecule has 62 valence electrons. The molecule has 5 heteroatoms. The fourth-order valence-corrected chi connectivity index (χ4v) is 1.08. The van der Waals surface area contributed by atoms with Gasteiger partial charge in [0.2, 0.25) is 5.91 Å². The summed E-state index contributed by atoms with van der Waals surface area (Å²) in [6, 6.07) is -0.493. The average Bonchev–Trinajstić information content (AvgIpc) is 2.33. The molecule has 11 heavy (non-hydrogen) atoms. The molecule has 1 unspecified atom stereocenters. The molecule has 0 bridgehead atoms. The summed E-state index contributed by atoms with van der Waals surface area (Å²) in [7, 11) is 1.40. The van der Waals surface area contributed by atoms with E-state index < -0.39 is 12.1 Å². The van der Waals surface area contributed by atoms with Crippen LogP contribution in [0.1, 0.15) is 6.42 Å². The summed E-state index contributed by atoms with van der Waals surface area (Å²) < 4.78 is 0. The van der Waals surface area contributed by atoms with Crippen molar-refractivity contribution in [1.82, 2.24) is 10.2 Å². The minimum Gasteiger partial charge on any atom is -0.465 e. The maximum Gasteiger partial charge on any atom is 0.407 e. The van der Waals surface area contributed by atoms with Gasteiger partial charge in [-0.2, -0.15) is 0 Å². The summed E-state index contributed by atoms with van der Waals surface area (Å²) in [5.74, 6) is -0.199. The Hall–Kier alpha value is -1.26. The van der Waals surface area contributed by atoms with Crippen LogP contribution in [0.4, 0.5) is 4.79 Å². The molecule has 1 aliphatic rings. The van der Waals surface area contributed by atoms with Gasteiger partial charge in [0.25, 0.3) is 0 Å². The van der Waals surface area contributed by atoms with Gasteiger partial charge >= 0.3 is 6.09 Å². The third-order valence-electron chi connectivity index (χ3n) is 1.79. The Kier molecular flexibility index (Phi) is 1.98. The van der Waals surface area contributed by atoms with Gasteiger partial charge in [0.1, 0.15) is 6.04 Å². The molecule has 0 aromatic rings. The van der Waals surface area contributed by atoms with E-state index in [1.54, 1.807) is 0 Å². The van der Waals surface area contributed by atoms with Gasteiger partial charge < -0.3 is 10.4 Å². The Morgan fingerprint density at radius 2 is 2.45 bits per heavy atom. The molecule has 0 saturated carbocycles. The zero-order valence-electron chi connectivity index (χ0n) is 6.20. The Morgan fingerprint density at radius 3 is 2.82 bits per heavy atom. The first-order valence-electron chi connectivity index (χ1n) is 3.36. The Bertz CT molecular complexity index is 192. The van der Waals surface area contributed by atoms with Crippen LogP contribution in [0, 0.1) is 0 Å². The first kappa shape index (κ1) is 7.84. The Balaban J connectivity index is 2.59. The highest BCUT2D eigenvalue weighted by Gasteiger charge is 2.30. The topological polar surface area (TPSA) is 69.6 Å². The summed E-state index contributed by atoms with van der Waals surface area (Å²) >= 11 is 0. The van der Waals surface area contributed by atoms with E-state index in [2.05, 4.69) is 5.32 Å². The van der Waals surface area contributed by atoms with E-state index in [1.807, 2.05) is 0 Å². The highest BCUT2D eigenvalue weighted by Crippen LogP contribution is 2.06. The number of rotatable bonds is 1. The minimum atomic E-state index is -1.06. The lowest BCUT2D eigenvalue weighted by Gasteiger charge is -2.17. The van der Waals surface area contributed by atoms with E-state index in [-0.39, 0.29) is 5.91 Å². The van der Waals surface area contributed by atoms with Crippen LogP contribution < -0.4 is 5.32 Å². The zero-order chi connectivity index (χ0) is 8.43. The van der Waals surface area contributed by atoms with Gasteiger partial charge in [-0.3, -0.25) is 9.69 Å². The van der Waals surface area contributed by atoms with Crippen LogP contribution in [0.3, 0.4) is 0 Å². The molecule has 2 N–H and O–H groups in total. The molecule has 1 aliphatic heterocycles. The van der Waals surface area contributed by atoms with E-state index in [1.165, 1.54) is 7.05 Å². The summed E-state index contributed by atoms with van der Waals surface area (Å²) in [4.78, 5) is 22.3. The van der Waals surface area contributed by atoms with Crippen LogP contribution in [0.25, 0.3) is 0 Å². The van der Waals surface area contributed by atoms with E-state index in [0.29, 0.717) is 13.0 Å². The van der Waals surface area contributed by atoms with Crippen LogP contribution in [0.5, 0.6) is 0 Å². The van der Waals surface area contributed by atoms with Crippen molar-refractivity contribution in [1.29, 1.82) is 0 Å². The molecule has 1 saturated heterocycles. The molecule has 1 fully saturated rings. The van der Waals surface area contributed by atoms with E-state index in [0.717, 1.165) is 4.90 Å². The number of amides is 2. The van der Waals surface area contributed by atoms with Crippen molar-refractivity contribution in [2.45, 2.75) is 12.5 Å². The van der Waals surface area contributed by atoms with Gasteiger partial charge in [-0.1, -0.05) is 0 Å². The van der Waals surface area contributed by atoms with Crippen molar-refractivity contribution in [3.05, 3.63) is 0 Å². The SMILES string of the molecule is CN(C(=O)O)C1CCNC1=O. The van der Waals surface area contributed by atoms with Crippen molar-refractivity contribution in [3.8, 4) is 0 Å². The molecule has 2 amide bonds. The lowest BCUT2D eigenvalue weighted by Crippen LogP contribution is -2.40. The predicted molar refractivity (Wildman–Crippen MR) is 37.2 cm³/mol. The second kappa shape index (κ2) is 2.77. The first-order valence-corrected chi connectivity index (χ1v) is 3.36. The van der Waals surface area contributed by atoms with Gasteiger partial charge in [-0.05, 0) is 6.42 Å². The number of hydrogen-bond acceptors (Lipinski definition) is 2. The molecular weight excluding hydrogens is 148 g/mol. The molecule has 1 atom stereocenters. The fraction of sp³-hybridized carbons (Fsp3) is 0.667. The Labute approximate surface area is 64.0 Å². The summed E-state index contributed by atoms with van der Waals surface area (Å²) in [6.07, 6.45) is -0.492. The lowest BCUT2D eigenvalue weighted by atomic mass is 10.2. The van der Waals surface area contributed by atoms with Crippen molar-refractivity contribution in [2.24, 2.45) is 0 Å². The first-order chi connectivity index (χ1) is 5.13. The highest BCUT2D eigenvalue weighted by atomic mass is 16.4. The predicted octanol–water partition coefficient (Wildman–Crippen LogP) is -0.515. The minimum absolute atomic E-state index is 0.199. The fourth-order valence-electron chi connectivity index (χ4n) is 1.08. The van der Waals surface area contributed by atoms with Crippen LogP contribution in [-0.4, -0.2) is 41.6 Å². The molecule has 1 rings (SSSR count). The molecule has 0 aromatic carbocycles. The number of nitrogens with one attached hydrogen (secondary N) is 1. The van der Waals surface area contributed by atoms with Crippen LogP contribution >= 0.6 is 0 Å². The second-order valence-electron chi connectivity index (χ2n) is 2.49. The van der Waals surface area contributed by atoms with Crippen molar-refractivity contribution < 1.29 is 14.7 Å². The van der Waals surface area contributed by atoms with E-state index in [9.17, 15) is 9.59 Å². The van der Waals surface area contributed by atoms with E-state index in [4.69, 9.17) is 5.11 Å². The lowest BCUT2D eigenvalue weighted by molar-refractivity contribution is -0.122. The monoisotopic (exact) mass is 158 g/mol.